The van der Waals surface area contributed by atoms with Crippen molar-refractivity contribution < 1.29 is 4.74 Å². The Kier molecular flexibility index (Phi) is 6.00. The summed E-state index contributed by atoms with van der Waals surface area (Å²) >= 11 is 12.2. The highest BCUT2D eigenvalue weighted by Gasteiger charge is 2.14. The van der Waals surface area contributed by atoms with E-state index >= 15 is 0 Å². The predicted octanol–water partition coefficient (Wildman–Crippen LogP) is 4.28. The van der Waals surface area contributed by atoms with Gasteiger partial charge in [0.15, 0.2) is 0 Å². The zero-order valence-electron chi connectivity index (χ0n) is 11.7. The molecule has 0 spiro atoms. The summed E-state index contributed by atoms with van der Waals surface area (Å²) in [7, 11) is 0. The summed E-state index contributed by atoms with van der Waals surface area (Å²) in [6.45, 7) is 9.03. The fourth-order valence-electron chi connectivity index (χ4n) is 1.45. The van der Waals surface area contributed by atoms with Crippen LogP contribution in [0.2, 0.25) is 10.0 Å². The zero-order chi connectivity index (χ0) is 14.5. The Morgan fingerprint density at radius 2 is 1.95 bits per heavy atom. The molecule has 0 amide bonds. The van der Waals surface area contributed by atoms with Crippen molar-refractivity contribution in [2.45, 2.75) is 39.8 Å². The van der Waals surface area contributed by atoms with Crippen molar-refractivity contribution in [3.05, 3.63) is 27.7 Å². The number of nitrogens with one attached hydrogen (secondary N) is 1. The third kappa shape index (κ3) is 5.74. The molecule has 0 fully saturated rings. The molecule has 0 aliphatic carbocycles. The lowest BCUT2D eigenvalue weighted by Gasteiger charge is -2.22. The number of ether oxygens (including phenoxy) is 1. The molecule has 0 aromatic heterocycles. The highest BCUT2D eigenvalue weighted by Crippen LogP contribution is 2.32. The summed E-state index contributed by atoms with van der Waals surface area (Å²) in [5.41, 5.74) is 0.945. The molecular formula is C15H19Cl2NO. The Morgan fingerprint density at radius 1 is 1.26 bits per heavy atom. The molecule has 0 saturated carbocycles. The van der Waals surface area contributed by atoms with Gasteiger partial charge >= 0.3 is 0 Å². The summed E-state index contributed by atoms with van der Waals surface area (Å²) in [5, 5.41) is 4.50. The summed E-state index contributed by atoms with van der Waals surface area (Å²) in [4.78, 5) is 0. The first kappa shape index (κ1) is 16.2. The Hall–Kier alpha value is -0.880. The van der Waals surface area contributed by atoms with Crippen LogP contribution < -0.4 is 10.1 Å². The van der Waals surface area contributed by atoms with Gasteiger partial charge in [-0.1, -0.05) is 29.1 Å². The lowest BCUT2D eigenvalue weighted by Crippen LogP contribution is -2.35. The molecule has 0 aliphatic rings. The second-order valence-electron chi connectivity index (χ2n) is 5.19. The highest BCUT2D eigenvalue weighted by atomic mass is 35.5. The van der Waals surface area contributed by atoms with Gasteiger partial charge in [-0.2, -0.15) is 0 Å². The predicted molar refractivity (Wildman–Crippen MR) is 82.0 cm³/mol. The molecule has 4 heteroatoms. The fraction of sp³-hybridized carbons (Fsp3) is 0.467. The molecule has 0 atom stereocenters. The van der Waals surface area contributed by atoms with Crippen LogP contribution in [0.4, 0.5) is 0 Å². The van der Waals surface area contributed by atoms with Gasteiger partial charge in [-0.15, -0.1) is 5.92 Å². The molecule has 0 radical (unpaired) electrons. The Morgan fingerprint density at radius 3 is 2.53 bits per heavy atom. The van der Waals surface area contributed by atoms with Crippen LogP contribution in [-0.2, 0) is 6.54 Å². The molecule has 1 N–H and O–H groups in total. The standard InChI is InChI=1S/C15H19Cl2NO/c1-5-6-7-19-14-11(10-18-15(2,3)4)8-12(16)9-13(14)17/h8-9,18H,7,10H2,1-4H3. The van der Waals surface area contributed by atoms with Crippen LogP contribution >= 0.6 is 23.2 Å². The molecule has 0 aliphatic heterocycles. The van der Waals surface area contributed by atoms with Gasteiger partial charge in [-0.05, 0) is 39.8 Å². The Labute approximate surface area is 125 Å². The van der Waals surface area contributed by atoms with Gasteiger partial charge in [-0.25, -0.2) is 0 Å². The zero-order valence-corrected chi connectivity index (χ0v) is 13.2. The normalized spacial score (nSPS) is 10.8. The molecule has 104 valence electrons. The van der Waals surface area contributed by atoms with E-state index in [-0.39, 0.29) is 5.54 Å². The van der Waals surface area contributed by atoms with Crippen LogP contribution in [0, 0.1) is 11.8 Å². The van der Waals surface area contributed by atoms with Gasteiger partial charge in [0.1, 0.15) is 12.4 Å². The van der Waals surface area contributed by atoms with Crippen molar-refractivity contribution in [1.29, 1.82) is 0 Å². The summed E-state index contributed by atoms with van der Waals surface area (Å²) in [6.07, 6.45) is 0. The maximum Gasteiger partial charge on any atom is 0.149 e. The molecular weight excluding hydrogens is 281 g/mol. The number of benzene rings is 1. The topological polar surface area (TPSA) is 21.3 Å². The first-order chi connectivity index (χ1) is 8.83. The van der Waals surface area contributed by atoms with Gasteiger partial charge in [0, 0.05) is 22.7 Å². The smallest absolute Gasteiger partial charge is 0.149 e. The molecule has 0 bridgehead atoms. The van der Waals surface area contributed by atoms with E-state index in [0.29, 0.717) is 28.9 Å². The van der Waals surface area contributed by atoms with Crippen molar-refractivity contribution in [3.8, 4) is 17.6 Å². The largest absolute Gasteiger partial charge is 0.479 e. The van der Waals surface area contributed by atoms with Gasteiger partial charge in [-0.3, -0.25) is 0 Å². The van der Waals surface area contributed by atoms with Gasteiger partial charge in [0.2, 0.25) is 0 Å². The maximum atomic E-state index is 6.18. The second-order valence-corrected chi connectivity index (χ2v) is 6.04. The molecule has 19 heavy (non-hydrogen) atoms. The van der Waals surface area contributed by atoms with Crippen LogP contribution in [0.1, 0.15) is 33.3 Å². The molecule has 1 aromatic carbocycles. The van der Waals surface area contributed by atoms with Gasteiger partial charge in [0.25, 0.3) is 0 Å². The van der Waals surface area contributed by atoms with E-state index in [1.807, 2.05) is 6.07 Å². The third-order valence-electron chi connectivity index (χ3n) is 2.36. The van der Waals surface area contributed by atoms with Crippen LogP contribution in [0.5, 0.6) is 5.75 Å². The lowest BCUT2D eigenvalue weighted by atomic mass is 10.1. The van der Waals surface area contributed by atoms with E-state index in [2.05, 4.69) is 37.9 Å². The van der Waals surface area contributed by atoms with Crippen molar-refractivity contribution in [2.75, 3.05) is 6.61 Å². The van der Waals surface area contributed by atoms with Crippen molar-refractivity contribution in [1.82, 2.24) is 5.32 Å². The minimum atomic E-state index is 0.00921. The summed E-state index contributed by atoms with van der Waals surface area (Å²) < 4.78 is 5.62. The van der Waals surface area contributed by atoms with E-state index in [1.54, 1.807) is 13.0 Å². The first-order valence-corrected chi connectivity index (χ1v) is 6.84. The number of hydrogen-bond donors (Lipinski definition) is 1. The minimum Gasteiger partial charge on any atom is -0.479 e. The second kappa shape index (κ2) is 7.05. The molecule has 0 heterocycles. The third-order valence-corrected chi connectivity index (χ3v) is 2.86. The van der Waals surface area contributed by atoms with E-state index in [1.165, 1.54) is 0 Å². The highest BCUT2D eigenvalue weighted by molar-refractivity contribution is 6.35. The van der Waals surface area contributed by atoms with Crippen molar-refractivity contribution >= 4 is 23.2 Å². The van der Waals surface area contributed by atoms with Gasteiger partial charge < -0.3 is 10.1 Å². The van der Waals surface area contributed by atoms with Crippen LogP contribution in [0.15, 0.2) is 12.1 Å². The number of rotatable bonds is 4. The van der Waals surface area contributed by atoms with Crippen LogP contribution in [0.25, 0.3) is 0 Å². The maximum absolute atomic E-state index is 6.18. The van der Waals surface area contributed by atoms with E-state index in [9.17, 15) is 0 Å². The first-order valence-electron chi connectivity index (χ1n) is 6.09. The Balaban J connectivity index is 2.94. The van der Waals surface area contributed by atoms with Crippen molar-refractivity contribution in [2.24, 2.45) is 0 Å². The number of hydrogen-bond acceptors (Lipinski definition) is 2. The monoisotopic (exact) mass is 299 g/mol. The van der Waals surface area contributed by atoms with Gasteiger partial charge in [0.05, 0.1) is 5.02 Å². The van der Waals surface area contributed by atoms with E-state index in [4.69, 9.17) is 27.9 Å². The van der Waals surface area contributed by atoms with E-state index < -0.39 is 0 Å². The average molecular weight is 300 g/mol. The molecule has 2 nitrogen and oxygen atoms in total. The van der Waals surface area contributed by atoms with Crippen LogP contribution in [0.3, 0.4) is 0 Å². The summed E-state index contributed by atoms with van der Waals surface area (Å²) in [6, 6.07) is 3.54. The number of halogens is 2. The molecule has 0 saturated heterocycles. The minimum absolute atomic E-state index is 0.00921. The molecule has 1 aromatic rings. The lowest BCUT2D eigenvalue weighted by molar-refractivity contribution is 0.359. The fourth-order valence-corrected chi connectivity index (χ4v) is 2.04. The summed E-state index contributed by atoms with van der Waals surface area (Å²) in [5.74, 6) is 6.28. The van der Waals surface area contributed by atoms with E-state index in [0.717, 1.165) is 5.56 Å². The Bertz CT molecular complexity index is 495. The SMILES string of the molecule is CC#CCOc1c(Cl)cc(Cl)cc1CNC(C)(C)C. The molecule has 1 rings (SSSR count). The van der Waals surface area contributed by atoms with Crippen LogP contribution in [-0.4, -0.2) is 12.1 Å². The average Bonchev–Trinajstić information content (AvgIpc) is 2.28. The van der Waals surface area contributed by atoms with Crippen molar-refractivity contribution in [3.63, 3.8) is 0 Å². The quantitative estimate of drug-likeness (QED) is 0.838. The molecule has 0 unspecified atom stereocenters.